The summed E-state index contributed by atoms with van der Waals surface area (Å²) in [5.41, 5.74) is 7.93. The predicted molar refractivity (Wildman–Crippen MR) is 123 cm³/mol. The van der Waals surface area contributed by atoms with Gasteiger partial charge in [0.1, 0.15) is 0 Å². The minimum atomic E-state index is -0.0767. The van der Waals surface area contributed by atoms with Crippen molar-refractivity contribution in [2.75, 3.05) is 5.32 Å². The Balaban J connectivity index is 1.88. The molecule has 1 atom stereocenters. The molecule has 150 valence electrons. The number of carbonyl (C=O) groups is 1. The van der Waals surface area contributed by atoms with Gasteiger partial charge < -0.3 is 5.32 Å². The van der Waals surface area contributed by atoms with Crippen molar-refractivity contribution in [2.24, 2.45) is 0 Å². The van der Waals surface area contributed by atoms with Crippen molar-refractivity contribution < 1.29 is 4.79 Å². The molecule has 1 unspecified atom stereocenters. The van der Waals surface area contributed by atoms with E-state index in [0.29, 0.717) is 12.3 Å². The number of aryl methyl sites for hydroxylation is 3. The van der Waals surface area contributed by atoms with Crippen molar-refractivity contribution >= 4 is 11.5 Å². The highest BCUT2D eigenvalue weighted by Gasteiger charge is 2.18. The van der Waals surface area contributed by atoms with Crippen LogP contribution in [0.1, 0.15) is 70.4 Å². The molecule has 0 aliphatic carbocycles. The highest BCUT2D eigenvalue weighted by molar-refractivity contribution is 5.96. The van der Waals surface area contributed by atoms with E-state index in [1.165, 1.54) is 16.7 Å². The molecule has 3 rings (SSSR count). The molecular formula is C27H31NO. The fourth-order valence-corrected chi connectivity index (χ4v) is 3.44. The molecule has 2 heteroatoms. The summed E-state index contributed by atoms with van der Waals surface area (Å²) in [5.74, 6) is 0.642. The van der Waals surface area contributed by atoms with Gasteiger partial charge >= 0.3 is 0 Å². The van der Waals surface area contributed by atoms with Gasteiger partial charge in [-0.3, -0.25) is 4.79 Å². The van der Waals surface area contributed by atoms with E-state index in [1.807, 2.05) is 31.2 Å². The Morgan fingerprint density at radius 1 is 0.793 bits per heavy atom. The van der Waals surface area contributed by atoms with Crippen LogP contribution in [0.2, 0.25) is 0 Å². The number of anilines is 1. The fraction of sp³-hybridized carbons (Fsp3) is 0.296. The van der Waals surface area contributed by atoms with E-state index in [-0.39, 0.29) is 11.8 Å². The molecule has 2 nitrogen and oxygen atoms in total. The first-order chi connectivity index (χ1) is 13.8. The highest BCUT2D eigenvalue weighted by Crippen LogP contribution is 2.27. The maximum absolute atomic E-state index is 13.0. The van der Waals surface area contributed by atoms with Gasteiger partial charge in [-0.1, -0.05) is 74.0 Å². The van der Waals surface area contributed by atoms with Crippen LogP contribution in [0.25, 0.3) is 0 Å². The molecule has 1 N–H and O–H groups in total. The number of ketones is 1. The standard InChI is InChI=1S/C27H31NO/c1-18(2)22-11-13-23(14-12-22)26(28-25-15-8-20(4)21(5)16-25)17-27(29)24-9-6-19(3)7-10-24/h6-16,18,26,28H,17H2,1-5H3. The molecule has 29 heavy (non-hydrogen) atoms. The monoisotopic (exact) mass is 385 g/mol. The summed E-state index contributed by atoms with van der Waals surface area (Å²) in [4.78, 5) is 13.0. The molecule has 3 aromatic carbocycles. The first-order valence-electron chi connectivity index (χ1n) is 10.4. The van der Waals surface area contributed by atoms with Crippen LogP contribution in [-0.4, -0.2) is 5.78 Å². The molecule has 0 aliphatic heterocycles. The minimum absolute atomic E-state index is 0.0767. The van der Waals surface area contributed by atoms with Crippen molar-refractivity contribution in [1.29, 1.82) is 0 Å². The summed E-state index contributed by atoms with van der Waals surface area (Å²) in [5, 5.41) is 3.60. The molecule has 0 amide bonds. The van der Waals surface area contributed by atoms with Gasteiger partial charge in [-0.2, -0.15) is 0 Å². The molecule has 0 saturated carbocycles. The van der Waals surface area contributed by atoms with E-state index >= 15 is 0 Å². The Morgan fingerprint density at radius 2 is 1.41 bits per heavy atom. The van der Waals surface area contributed by atoms with Crippen molar-refractivity contribution in [3.8, 4) is 0 Å². The Kier molecular flexibility index (Phi) is 6.53. The number of Topliss-reactive ketones (excluding diaryl/α,β-unsaturated/α-hetero) is 1. The molecule has 0 heterocycles. The second-order valence-electron chi connectivity index (χ2n) is 8.31. The van der Waals surface area contributed by atoms with E-state index < -0.39 is 0 Å². The summed E-state index contributed by atoms with van der Waals surface area (Å²) >= 11 is 0. The molecule has 0 aliphatic rings. The largest absolute Gasteiger partial charge is 0.378 e. The van der Waals surface area contributed by atoms with Gasteiger partial charge in [0.2, 0.25) is 0 Å². The summed E-state index contributed by atoms with van der Waals surface area (Å²) in [6.45, 7) is 10.7. The Labute approximate surface area is 175 Å². The summed E-state index contributed by atoms with van der Waals surface area (Å²) < 4.78 is 0. The van der Waals surface area contributed by atoms with Crippen LogP contribution >= 0.6 is 0 Å². The third-order valence-electron chi connectivity index (χ3n) is 5.62. The first-order valence-corrected chi connectivity index (χ1v) is 10.4. The summed E-state index contributed by atoms with van der Waals surface area (Å²) in [6.07, 6.45) is 0.414. The molecule has 0 fully saturated rings. The smallest absolute Gasteiger partial charge is 0.165 e. The van der Waals surface area contributed by atoms with Gasteiger partial charge in [0.15, 0.2) is 5.78 Å². The van der Waals surface area contributed by atoms with Crippen molar-refractivity contribution in [3.05, 3.63) is 100 Å². The number of carbonyl (C=O) groups excluding carboxylic acids is 1. The topological polar surface area (TPSA) is 29.1 Å². The number of rotatable bonds is 7. The third kappa shape index (κ3) is 5.35. The van der Waals surface area contributed by atoms with Crippen LogP contribution in [0.4, 0.5) is 5.69 Å². The van der Waals surface area contributed by atoms with Gasteiger partial charge in [-0.05, 0) is 61.1 Å². The van der Waals surface area contributed by atoms with E-state index in [9.17, 15) is 4.79 Å². The second kappa shape index (κ2) is 9.09. The minimum Gasteiger partial charge on any atom is -0.378 e. The summed E-state index contributed by atoms with van der Waals surface area (Å²) in [7, 11) is 0. The Hall–Kier alpha value is -2.87. The van der Waals surface area contributed by atoms with Crippen LogP contribution < -0.4 is 5.32 Å². The van der Waals surface area contributed by atoms with E-state index in [0.717, 1.165) is 22.4 Å². The highest BCUT2D eigenvalue weighted by atomic mass is 16.1. The number of hydrogen-bond donors (Lipinski definition) is 1. The molecular weight excluding hydrogens is 354 g/mol. The van der Waals surface area contributed by atoms with Crippen molar-refractivity contribution in [1.82, 2.24) is 0 Å². The lowest BCUT2D eigenvalue weighted by molar-refractivity contribution is 0.0976. The van der Waals surface area contributed by atoms with Crippen molar-refractivity contribution in [2.45, 2.75) is 53.0 Å². The fourth-order valence-electron chi connectivity index (χ4n) is 3.44. The molecule has 3 aromatic rings. The zero-order valence-corrected chi connectivity index (χ0v) is 18.1. The predicted octanol–water partition coefficient (Wildman–Crippen LogP) is 7.16. The lowest BCUT2D eigenvalue weighted by atomic mass is 9.94. The molecule has 0 spiro atoms. The van der Waals surface area contributed by atoms with E-state index in [2.05, 4.69) is 75.5 Å². The summed E-state index contributed by atoms with van der Waals surface area (Å²) in [6, 6.07) is 22.8. The van der Waals surface area contributed by atoms with Crippen LogP contribution in [0.3, 0.4) is 0 Å². The number of nitrogens with one attached hydrogen (secondary N) is 1. The van der Waals surface area contributed by atoms with Crippen LogP contribution in [0.15, 0.2) is 66.7 Å². The maximum Gasteiger partial charge on any atom is 0.165 e. The Morgan fingerprint density at radius 3 is 2.00 bits per heavy atom. The molecule has 0 aromatic heterocycles. The van der Waals surface area contributed by atoms with Crippen LogP contribution in [-0.2, 0) is 0 Å². The quantitative estimate of drug-likeness (QED) is 0.437. The average molecular weight is 386 g/mol. The SMILES string of the molecule is Cc1ccc(C(=O)CC(Nc2ccc(C)c(C)c2)c2ccc(C(C)C)cc2)cc1. The third-order valence-corrected chi connectivity index (χ3v) is 5.62. The van der Waals surface area contributed by atoms with Crippen LogP contribution in [0.5, 0.6) is 0 Å². The lowest BCUT2D eigenvalue weighted by Crippen LogP contribution is -2.16. The lowest BCUT2D eigenvalue weighted by Gasteiger charge is -2.21. The maximum atomic E-state index is 13.0. The normalized spacial score (nSPS) is 12.1. The van der Waals surface area contributed by atoms with E-state index in [4.69, 9.17) is 0 Å². The van der Waals surface area contributed by atoms with Gasteiger partial charge in [0.05, 0.1) is 6.04 Å². The number of benzene rings is 3. The molecule has 0 bridgehead atoms. The number of hydrogen-bond acceptors (Lipinski definition) is 2. The van der Waals surface area contributed by atoms with Crippen molar-refractivity contribution in [3.63, 3.8) is 0 Å². The van der Waals surface area contributed by atoms with Crippen LogP contribution in [0, 0.1) is 20.8 Å². The second-order valence-corrected chi connectivity index (χ2v) is 8.31. The zero-order valence-electron chi connectivity index (χ0n) is 18.1. The Bertz CT molecular complexity index is 968. The van der Waals surface area contributed by atoms with Gasteiger partial charge in [0.25, 0.3) is 0 Å². The van der Waals surface area contributed by atoms with Gasteiger partial charge in [0, 0.05) is 17.7 Å². The van der Waals surface area contributed by atoms with Gasteiger partial charge in [-0.15, -0.1) is 0 Å². The molecule has 0 saturated heterocycles. The average Bonchev–Trinajstić information content (AvgIpc) is 2.70. The molecule has 0 radical (unpaired) electrons. The van der Waals surface area contributed by atoms with E-state index in [1.54, 1.807) is 0 Å². The first kappa shape index (κ1) is 20.9. The zero-order chi connectivity index (χ0) is 21.0. The van der Waals surface area contributed by atoms with Gasteiger partial charge in [-0.25, -0.2) is 0 Å².